The van der Waals surface area contributed by atoms with E-state index in [9.17, 15) is 0 Å². The average Bonchev–Trinajstić information content (AvgIpc) is 1.55. The van der Waals surface area contributed by atoms with E-state index in [2.05, 4.69) is 423 Å². The molecule has 0 saturated carbocycles. The summed E-state index contributed by atoms with van der Waals surface area (Å²) < 4.78 is 4.99. The molecular formula is C100H74N4. The summed E-state index contributed by atoms with van der Waals surface area (Å²) in [6.45, 7) is 9.63. The van der Waals surface area contributed by atoms with E-state index in [0.717, 1.165) is 45.5 Å². The Balaban J connectivity index is 0.691. The summed E-state index contributed by atoms with van der Waals surface area (Å²) in [6, 6.07) is 139. The number of hydrogen-bond acceptors (Lipinski definition) is 2. The standard InChI is InChI=1S/C100H74N4/c1-99(2)89-61-73(49-59-83(89)85-63-87-93(65-91(85)99)103(77-41-25-11-26-42-77)97(71-33-17-7-18-34-71)95(87)69-29-13-5-14-30-69)67-45-51-79(52-46-67)102(82-57-55-81(56-58-82)101(75-37-21-9-22-38-75)76-39-23-10-24-40-76)80-53-47-68(48-54-80)74-50-60-84-86-64-88-94(66-92(86)100(3,4)90(84)62-74)104(78-43-27-12-28-44-78)98(72-35-19-8-20-36-72)96(88)70-31-15-6-16-32-70/h5-66H,1-4H3. The number of hydrogen-bond donors (Lipinski definition) is 0. The number of aromatic nitrogens is 2. The second kappa shape index (κ2) is 24.9. The zero-order valence-corrected chi connectivity index (χ0v) is 58.6. The van der Waals surface area contributed by atoms with Gasteiger partial charge < -0.3 is 18.9 Å². The molecule has 19 rings (SSSR count). The van der Waals surface area contributed by atoms with Crippen molar-refractivity contribution in [1.82, 2.24) is 9.13 Å². The third-order valence-corrected chi connectivity index (χ3v) is 22.1. The molecule has 0 bridgehead atoms. The summed E-state index contributed by atoms with van der Waals surface area (Å²) in [5, 5.41) is 2.48. The van der Waals surface area contributed by atoms with Crippen LogP contribution in [0.4, 0.5) is 34.1 Å². The van der Waals surface area contributed by atoms with E-state index in [1.165, 1.54) is 133 Å². The van der Waals surface area contributed by atoms with Gasteiger partial charge in [-0.1, -0.05) is 270 Å². The molecule has 494 valence electrons. The predicted molar refractivity (Wildman–Crippen MR) is 437 cm³/mol. The maximum absolute atomic E-state index is 2.50. The lowest BCUT2D eigenvalue weighted by molar-refractivity contribution is 0.661. The first-order chi connectivity index (χ1) is 51.1. The molecule has 0 fully saturated rings. The summed E-state index contributed by atoms with van der Waals surface area (Å²) in [5.41, 5.74) is 35.5. The van der Waals surface area contributed by atoms with Crippen molar-refractivity contribution in [3.63, 3.8) is 0 Å². The third kappa shape index (κ3) is 10.3. The van der Waals surface area contributed by atoms with Gasteiger partial charge in [0.25, 0.3) is 0 Å². The molecule has 0 atom stereocenters. The van der Waals surface area contributed by atoms with Gasteiger partial charge in [-0.15, -0.1) is 0 Å². The lowest BCUT2D eigenvalue weighted by Gasteiger charge is -2.28. The Hall–Kier alpha value is -13.0. The highest BCUT2D eigenvalue weighted by Crippen LogP contribution is 2.56. The van der Waals surface area contributed by atoms with E-state index in [4.69, 9.17) is 0 Å². The molecule has 4 heteroatoms. The van der Waals surface area contributed by atoms with Crippen LogP contribution in [0.25, 0.3) is 122 Å². The first-order valence-electron chi connectivity index (χ1n) is 36.2. The van der Waals surface area contributed by atoms with Gasteiger partial charge in [-0.2, -0.15) is 0 Å². The second-order valence-corrected chi connectivity index (χ2v) is 28.8. The van der Waals surface area contributed by atoms with Gasteiger partial charge in [0.2, 0.25) is 0 Å². The molecule has 2 heterocycles. The molecule has 0 spiro atoms. The Labute approximate surface area is 608 Å². The minimum atomic E-state index is -0.281. The van der Waals surface area contributed by atoms with Gasteiger partial charge in [0.05, 0.1) is 22.4 Å². The molecule has 2 aliphatic rings. The van der Waals surface area contributed by atoms with Gasteiger partial charge in [-0.25, -0.2) is 0 Å². The van der Waals surface area contributed by atoms with Crippen molar-refractivity contribution < 1.29 is 0 Å². The maximum atomic E-state index is 2.50. The topological polar surface area (TPSA) is 16.3 Å². The van der Waals surface area contributed by atoms with Crippen LogP contribution in [0.15, 0.2) is 376 Å². The number of benzene rings is 15. The van der Waals surface area contributed by atoms with E-state index < -0.39 is 0 Å². The number of nitrogens with zero attached hydrogens (tertiary/aromatic N) is 4. The normalized spacial score (nSPS) is 13.0. The van der Waals surface area contributed by atoms with Crippen LogP contribution in [0.5, 0.6) is 0 Å². The number of rotatable bonds is 14. The molecular weight excluding hydrogens is 1260 g/mol. The fraction of sp³-hybridized carbons (Fsp3) is 0.0600. The summed E-state index contributed by atoms with van der Waals surface area (Å²) in [6.07, 6.45) is 0. The Kier molecular flexibility index (Phi) is 14.9. The van der Waals surface area contributed by atoms with E-state index in [0.29, 0.717) is 0 Å². The molecule has 0 radical (unpaired) electrons. The molecule has 0 amide bonds. The predicted octanol–water partition coefficient (Wildman–Crippen LogP) is 27.1. The van der Waals surface area contributed by atoms with Crippen molar-refractivity contribution in [2.24, 2.45) is 0 Å². The molecule has 2 aliphatic carbocycles. The summed E-state index contributed by atoms with van der Waals surface area (Å²) in [5.74, 6) is 0. The molecule has 0 unspecified atom stereocenters. The van der Waals surface area contributed by atoms with Crippen molar-refractivity contribution in [2.75, 3.05) is 9.80 Å². The van der Waals surface area contributed by atoms with Gasteiger partial charge in [-0.05, 0) is 222 Å². The van der Waals surface area contributed by atoms with Crippen LogP contribution in [0.2, 0.25) is 0 Å². The average molecular weight is 1330 g/mol. The summed E-state index contributed by atoms with van der Waals surface area (Å²) in [7, 11) is 0. The van der Waals surface area contributed by atoms with Gasteiger partial charge in [0, 0.05) is 78.2 Å². The van der Waals surface area contributed by atoms with E-state index in [1.54, 1.807) is 0 Å². The smallest absolute Gasteiger partial charge is 0.0619 e. The van der Waals surface area contributed by atoms with Crippen LogP contribution in [0.1, 0.15) is 49.9 Å². The van der Waals surface area contributed by atoms with E-state index in [1.807, 2.05) is 0 Å². The highest BCUT2D eigenvalue weighted by molar-refractivity contribution is 6.10. The van der Waals surface area contributed by atoms with Gasteiger partial charge >= 0.3 is 0 Å². The SMILES string of the molecule is CC1(C)c2cc(-c3ccc(N(c4ccc(-c5ccc6c(c5)C(C)(C)c5cc7c(cc5-6)c(-c5ccccc5)c(-c5ccccc5)n7-c5ccccc5)cc4)c4ccc(N(c5ccccc5)c5ccccc5)cc4)cc3)ccc2-c2cc3c(-c4ccccc4)c(-c4ccccc4)n(-c4ccccc4)c3cc21. The quantitative estimate of drug-likeness (QED) is 0.108. The molecule has 2 aromatic heterocycles. The minimum Gasteiger partial charge on any atom is -0.311 e. The Bertz CT molecular complexity index is 5710. The van der Waals surface area contributed by atoms with Crippen molar-refractivity contribution in [2.45, 2.75) is 38.5 Å². The van der Waals surface area contributed by atoms with Crippen molar-refractivity contribution in [3.05, 3.63) is 398 Å². The molecule has 4 nitrogen and oxygen atoms in total. The Morgan fingerprint density at radius 2 is 0.471 bits per heavy atom. The van der Waals surface area contributed by atoms with Gasteiger partial charge in [-0.3, -0.25) is 0 Å². The number of para-hydroxylation sites is 4. The van der Waals surface area contributed by atoms with Crippen LogP contribution in [-0.2, 0) is 10.8 Å². The van der Waals surface area contributed by atoms with Gasteiger partial charge in [0.15, 0.2) is 0 Å². The minimum absolute atomic E-state index is 0.281. The zero-order valence-electron chi connectivity index (χ0n) is 58.6. The van der Waals surface area contributed by atoms with Crippen molar-refractivity contribution >= 4 is 55.9 Å². The van der Waals surface area contributed by atoms with E-state index >= 15 is 0 Å². The van der Waals surface area contributed by atoms with Crippen molar-refractivity contribution in [3.8, 4) is 101 Å². The Morgan fingerprint density at radius 1 is 0.212 bits per heavy atom. The maximum Gasteiger partial charge on any atom is 0.0619 e. The monoisotopic (exact) mass is 1330 g/mol. The van der Waals surface area contributed by atoms with Crippen LogP contribution in [0, 0.1) is 0 Å². The molecule has 0 aliphatic heterocycles. The lowest BCUT2D eigenvalue weighted by Crippen LogP contribution is -2.15. The number of anilines is 6. The van der Waals surface area contributed by atoms with Crippen LogP contribution in [-0.4, -0.2) is 9.13 Å². The third-order valence-electron chi connectivity index (χ3n) is 22.1. The van der Waals surface area contributed by atoms with E-state index in [-0.39, 0.29) is 10.8 Å². The van der Waals surface area contributed by atoms with Gasteiger partial charge in [0.1, 0.15) is 0 Å². The highest BCUT2D eigenvalue weighted by atomic mass is 15.2. The lowest BCUT2D eigenvalue weighted by atomic mass is 9.81. The Morgan fingerprint density at radius 3 is 0.798 bits per heavy atom. The first kappa shape index (κ1) is 62.0. The number of fused-ring (bicyclic) bond motifs is 8. The fourth-order valence-corrected chi connectivity index (χ4v) is 17.0. The molecule has 0 saturated heterocycles. The van der Waals surface area contributed by atoms with Crippen LogP contribution >= 0.6 is 0 Å². The summed E-state index contributed by atoms with van der Waals surface area (Å²) >= 11 is 0. The molecule has 104 heavy (non-hydrogen) atoms. The summed E-state index contributed by atoms with van der Waals surface area (Å²) in [4.78, 5) is 4.72. The molecule has 0 N–H and O–H groups in total. The van der Waals surface area contributed by atoms with Crippen molar-refractivity contribution in [1.29, 1.82) is 0 Å². The highest BCUT2D eigenvalue weighted by Gasteiger charge is 2.40. The zero-order chi connectivity index (χ0) is 69.6. The largest absolute Gasteiger partial charge is 0.311 e. The fourth-order valence-electron chi connectivity index (χ4n) is 17.0. The van der Waals surface area contributed by atoms with Crippen LogP contribution in [0.3, 0.4) is 0 Å². The molecule has 17 aromatic rings. The first-order valence-corrected chi connectivity index (χ1v) is 36.2. The van der Waals surface area contributed by atoms with Crippen LogP contribution < -0.4 is 9.80 Å². The molecule has 15 aromatic carbocycles. The second-order valence-electron chi connectivity index (χ2n) is 28.8.